The van der Waals surface area contributed by atoms with Crippen molar-refractivity contribution in [2.75, 3.05) is 12.3 Å². The van der Waals surface area contributed by atoms with E-state index < -0.39 is 5.91 Å². The number of halogens is 1. The van der Waals surface area contributed by atoms with E-state index in [-0.39, 0.29) is 18.5 Å². The van der Waals surface area contributed by atoms with Gasteiger partial charge < -0.3 is 16.4 Å². The molecule has 0 spiro atoms. The van der Waals surface area contributed by atoms with Crippen molar-refractivity contribution in [3.05, 3.63) is 28.2 Å². The molecular weight excluding hydrogens is 298 g/mol. The molecule has 0 fully saturated rings. The number of carbonyl (C=O) groups is 2. The van der Waals surface area contributed by atoms with E-state index in [1.807, 2.05) is 13.8 Å². The molecule has 0 aromatic heterocycles. The zero-order chi connectivity index (χ0) is 13.9. The second kappa shape index (κ2) is 5.86. The highest BCUT2D eigenvalue weighted by Gasteiger charge is 2.20. The number of nitrogen functional groups attached to an aromatic ring is 1. The van der Waals surface area contributed by atoms with Gasteiger partial charge in [-0.15, -0.1) is 0 Å². The Morgan fingerprint density at radius 1 is 1.39 bits per heavy atom. The van der Waals surface area contributed by atoms with Crippen molar-refractivity contribution in [3.63, 3.8) is 0 Å². The fourth-order valence-corrected chi connectivity index (χ4v) is 1.75. The average molecular weight is 314 g/mol. The Balaban J connectivity index is 3.02. The minimum Gasteiger partial charge on any atom is -0.398 e. The Morgan fingerprint density at radius 3 is 2.44 bits per heavy atom. The summed E-state index contributed by atoms with van der Waals surface area (Å²) in [4.78, 5) is 24.6. The van der Waals surface area contributed by atoms with Gasteiger partial charge in [-0.05, 0) is 48.0 Å². The number of anilines is 1. The first kappa shape index (κ1) is 14.5. The first-order chi connectivity index (χ1) is 8.32. The van der Waals surface area contributed by atoms with E-state index in [1.165, 1.54) is 4.90 Å². The number of nitrogens with zero attached hydrogens (tertiary/aromatic N) is 1. The Hall–Kier alpha value is -1.56. The van der Waals surface area contributed by atoms with Crippen LogP contribution in [0.15, 0.2) is 22.7 Å². The van der Waals surface area contributed by atoms with Crippen LogP contribution in [0, 0.1) is 0 Å². The Bertz CT molecular complexity index is 474. The van der Waals surface area contributed by atoms with Gasteiger partial charge in [0.05, 0.1) is 6.54 Å². The van der Waals surface area contributed by atoms with Gasteiger partial charge in [-0.1, -0.05) is 0 Å². The zero-order valence-corrected chi connectivity index (χ0v) is 11.9. The maximum absolute atomic E-state index is 12.2. The van der Waals surface area contributed by atoms with Gasteiger partial charge in [0.2, 0.25) is 5.91 Å². The normalized spacial score (nSPS) is 10.4. The lowest BCUT2D eigenvalue weighted by molar-refractivity contribution is -0.119. The molecule has 4 N–H and O–H groups in total. The van der Waals surface area contributed by atoms with E-state index in [4.69, 9.17) is 11.5 Å². The van der Waals surface area contributed by atoms with Gasteiger partial charge in [0.1, 0.15) is 0 Å². The highest BCUT2D eigenvalue weighted by Crippen LogP contribution is 2.21. The highest BCUT2D eigenvalue weighted by atomic mass is 79.9. The zero-order valence-electron chi connectivity index (χ0n) is 10.3. The van der Waals surface area contributed by atoms with E-state index >= 15 is 0 Å². The van der Waals surface area contributed by atoms with Crippen LogP contribution in [0.4, 0.5) is 5.69 Å². The number of benzene rings is 1. The molecule has 1 rings (SSSR count). The van der Waals surface area contributed by atoms with E-state index in [2.05, 4.69) is 15.9 Å². The van der Waals surface area contributed by atoms with Gasteiger partial charge in [0.25, 0.3) is 5.91 Å². The van der Waals surface area contributed by atoms with Gasteiger partial charge in [-0.2, -0.15) is 0 Å². The number of primary amides is 1. The van der Waals surface area contributed by atoms with Crippen LogP contribution in [0.1, 0.15) is 24.2 Å². The molecule has 0 aliphatic carbocycles. The standard InChI is InChI=1S/C12H16BrN3O2/c1-7(2)16(6-11(15)17)12(18)8-3-4-9(13)10(14)5-8/h3-5,7H,6,14H2,1-2H3,(H2,15,17). The van der Waals surface area contributed by atoms with Crippen molar-refractivity contribution in [1.82, 2.24) is 4.90 Å². The summed E-state index contributed by atoms with van der Waals surface area (Å²) in [6, 6.07) is 4.81. The van der Waals surface area contributed by atoms with Crippen molar-refractivity contribution in [3.8, 4) is 0 Å². The summed E-state index contributed by atoms with van der Waals surface area (Å²) in [6.45, 7) is 3.54. The SMILES string of the molecule is CC(C)N(CC(N)=O)C(=O)c1ccc(Br)c(N)c1. The topological polar surface area (TPSA) is 89.4 Å². The van der Waals surface area contributed by atoms with Gasteiger partial charge in [0, 0.05) is 21.8 Å². The molecule has 1 aromatic rings. The molecule has 0 aliphatic heterocycles. The lowest BCUT2D eigenvalue weighted by Gasteiger charge is -2.25. The number of amides is 2. The molecule has 0 radical (unpaired) electrons. The van der Waals surface area contributed by atoms with Gasteiger partial charge in [0.15, 0.2) is 0 Å². The van der Waals surface area contributed by atoms with Crippen molar-refractivity contribution < 1.29 is 9.59 Å². The summed E-state index contributed by atoms with van der Waals surface area (Å²) in [6.07, 6.45) is 0. The minimum absolute atomic E-state index is 0.105. The third-order valence-electron chi connectivity index (χ3n) is 2.45. The third-order valence-corrected chi connectivity index (χ3v) is 3.18. The summed E-state index contributed by atoms with van der Waals surface area (Å²) in [7, 11) is 0. The molecule has 0 unspecified atom stereocenters. The van der Waals surface area contributed by atoms with Gasteiger partial charge in [-0.3, -0.25) is 9.59 Å². The highest BCUT2D eigenvalue weighted by molar-refractivity contribution is 9.10. The molecule has 98 valence electrons. The third kappa shape index (κ3) is 3.46. The number of rotatable bonds is 4. The lowest BCUT2D eigenvalue weighted by Crippen LogP contribution is -2.42. The Kier molecular flexibility index (Phi) is 4.72. The fraction of sp³-hybridized carbons (Fsp3) is 0.333. The van der Waals surface area contributed by atoms with Gasteiger partial charge >= 0.3 is 0 Å². The maximum atomic E-state index is 12.2. The Labute approximate surface area is 114 Å². The quantitative estimate of drug-likeness (QED) is 0.823. The monoisotopic (exact) mass is 313 g/mol. The van der Waals surface area contributed by atoms with Crippen molar-refractivity contribution in [2.45, 2.75) is 19.9 Å². The first-order valence-corrected chi connectivity index (χ1v) is 6.26. The molecule has 0 aliphatic rings. The number of hydrogen-bond donors (Lipinski definition) is 2. The van der Waals surface area contributed by atoms with E-state index in [1.54, 1.807) is 18.2 Å². The smallest absolute Gasteiger partial charge is 0.254 e. The summed E-state index contributed by atoms with van der Waals surface area (Å²) >= 11 is 3.26. The molecule has 0 bridgehead atoms. The fourth-order valence-electron chi connectivity index (χ4n) is 1.50. The first-order valence-electron chi connectivity index (χ1n) is 5.47. The van der Waals surface area contributed by atoms with Crippen LogP contribution in [-0.4, -0.2) is 29.3 Å². The molecule has 5 nitrogen and oxygen atoms in total. The van der Waals surface area contributed by atoms with E-state index in [0.29, 0.717) is 11.3 Å². The molecule has 0 atom stereocenters. The van der Waals surface area contributed by atoms with Crippen LogP contribution >= 0.6 is 15.9 Å². The van der Waals surface area contributed by atoms with Crippen molar-refractivity contribution in [1.29, 1.82) is 0 Å². The van der Waals surface area contributed by atoms with Crippen LogP contribution in [0.5, 0.6) is 0 Å². The summed E-state index contributed by atoms with van der Waals surface area (Å²) in [5.74, 6) is -0.801. The largest absolute Gasteiger partial charge is 0.398 e. The second-order valence-electron chi connectivity index (χ2n) is 4.23. The number of nitrogens with two attached hydrogens (primary N) is 2. The summed E-state index contributed by atoms with van der Waals surface area (Å²) in [5, 5.41) is 0. The van der Waals surface area contributed by atoms with Crippen LogP contribution in [0.25, 0.3) is 0 Å². The molecule has 1 aromatic carbocycles. The van der Waals surface area contributed by atoms with Crippen molar-refractivity contribution in [2.24, 2.45) is 5.73 Å². The minimum atomic E-state index is -0.540. The van der Waals surface area contributed by atoms with Crippen LogP contribution < -0.4 is 11.5 Å². The summed E-state index contributed by atoms with van der Waals surface area (Å²) in [5.41, 5.74) is 11.8. The van der Waals surface area contributed by atoms with Crippen LogP contribution in [0.3, 0.4) is 0 Å². The van der Waals surface area contributed by atoms with Gasteiger partial charge in [-0.25, -0.2) is 0 Å². The number of carbonyl (C=O) groups excluding carboxylic acids is 2. The van der Waals surface area contributed by atoms with Crippen molar-refractivity contribution >= 4 is 33.4 Å². The number of hydrogen-bond acceptors (Lipinski definition) is 3. The maximum Gasteiger partial charge on any atom is 0.254 e. The summed E-state index contributed by atoms with van der Waals surface area (Å²) < 4.78 is 0.727. The molecule has 18 heavy (non-hydrogen) atoms. The predicted octanol–water partition coefficient (Wildman–Crippen LogP) is 1.37. The van der Waals surface area contributed by atoms with Crippen LogP contribution in [-0.2, 0) is 4.79 Å². The second-order valence-corrected chi connectivity index (χ2v) is 5.08. The average Bonchev–Trinajstić information content (AvgIpc) is 2.28. The molecular formula is C12H16BrN3O2. The molecule has 2 amide bonds. The Morgan fingerprint density at radius 2 is 2.00 bits per heavy atom. The molecule has 0 saturated carbocycles. The molecule has 0 heterocycles. The van der Waals surface area contributed by atoms with Crippen LogP contribution in [0.2, 0.25) is 0 Å². The van der Waals surface area contributed by atoms with E-state index in [9.17, 15) is 9.59 Å². The van der Waals surface area contributed by atoms with E-state index in [0.717, 1.165) is 4.47 Å². The molecule has 0 saturated heterocycles. The lowest BCUT2D eigenvalue weighted by atomic mass is 10.1. The molecule has 6 heteroatoms. The predicted molar refractivity (Wildman–Crippen MR) is 73.9 cm³/mol.